The lowest BCUT2D eigenvalue weighted by Crippen LogP contribution is -2.03. The molecule has 9 heteroatoms. The van der Waals surface area contributed by atoms with E-state index < -0.39 is 0 Å². The van der Waals surface area contributed by atoms with Gasteiger partial charge in [-0.25, -0.2) is 0 Å². The lowest BCUT2D eigenvalue weighted by Gasteiger charge is -2.03. The molecule has 0 aliphatic heterocycles. The zero-order valence-electron chi connectivity index (χ0n) is 17.3. The van der Waals surface area contributed by atoms with Crippen LogP contribution in [0.4, 0.5) is 0 Å². The number of thioether (sulfide) groups is 1. The van der Waals surface area contributed by atoms with Gasteiger partial charge in [0, 0.05) is 35.6 Å². The summed E-state index contributed by atoms with van der Waals surface area (Å²) in [4.78, 5) is 14.6. The Morgan fingerprint density at radius 2 is 1.81 bits per heavy atom. The highest BCUT2D eigenvalue weighted by atomic mass is 35.5. The highest BCUT2D eigenvalue weighted by Crippen LogP contribution is 2.38. The van der Waals surface area contributed by atoms with Crippen LogP contribution in [0.5, 0.6) is 0 Å². The van der Waals surface area contributed by atoms with E-state index in [0.29, 0.717) is 15.7 Å². The van der Waals surface area contributed by atoms with Crippen molar-refractivity contribution < 1.29 is 4.79 Å². The van der Waals surface area contributed by atoms with Crippen LogP contribution in [0.15, 0.2) is 65.8 Å². The molecule has 0 unspecified atom stereocenters. The van der Waals surface area contributed by atoms with Gasteiger partial charge in [0.05, 0.1) is 10.6 Å². The number of aryl methyl sites for hydroxylation is 1. The minimum absolute atomic E-state index is 0.0247. The second kappa shape index (κ2) is 8.54. The summed E-state index contributed by atoms with van der Waals surface area (Å²) in [6, 6.07) is 19.2. The van der Waals surface area contributed by atoms with Gasteiger partial charge in [0.25, 0.3) is 0 Å². The first-order valence-corrected chi connectivity index (χ1v) is 12.0. The number of hydrogen-bond donors (Lipinski definition) is 0. The lowest BCUT2D eigenvalue weighted by atomic mass is 10.1. The Morgan fingerprint density at radius 1 is 1.06 bits per heavy atom. The number of rotatable bonds is 6. The van der Waals surface area contributed by atoms with Gasteiger partial charge in [-0.1, -0.05) is 53.7 Å². The monoisotopic (exact) mass is 479 g/mol. The average molecular weight is 480 g/mol. The van der Waals surface area contributed by atoms with Crippen molar-refractivity contribution in [2.45, 2.75) is 5.16 Å². The molecule has 0 aliphatic rings. The third-order valence-corrected chi connectivity index (χ3v) is 7.58. The zero-order chi connectivity index (χ0) is 22.2. The Labute approximate surface area is 197 Å². The van der Waals surface area contributed by atoms with Crippen molar-refractivity contribution in [1.82, 2.24) is 24.5 Å². The minimum atomic E-state index is 0.0247. The molecular weight excluding hydrogens is 462 g/mol. The molecule has 5 rings (SSSR count). The van der Waals surface area contributed by atoms with Crippen molar-refractivity contribution in [3.63, 3.8) is 0 Å². The van der Waals surface area contributed by atoms with Gasteiger partial charge in [-0.15, -0.1) is 21.5 Å². The Morgan fingerprint density at radius 3 is 2.56 bits per heavy atom. The van der Waals surface area contributed by atoms with E-state index in [1.165, 1.54) is 11.8 Å². The molecule has 0 bridgehead atoms. The summed E-state index contributed by atoms with van der Waals surface area (Å²) in [6.07, 6.45) is 0. The first-order valence-electron chi connectivity index (χ1n) is 9.84. The number of carbonyl (C=O) groups is 1. The number of hydrogen-bond acceptors (Lipinski definition) is 6. The molecule has 0 saturated carbocycles. The molecule has 2 aromatic carbocycles. The van der Waals surface area contributed by atoms with E-state index in [9.17, 15) is 4.79 Å². The predicted octanol–water partition coefficient (Wildman–Crippen LogP) is 5.73. The summed E-state index contributed by atoms with van der Waals surface area (Å²) in [5.41, 5.74) is 2.67. The van der Waals surface area contributed by atoms with Crippen molar-refractivity contribution >= 4 is 50.7 Å². The van der Waals surface area contributed by atoms with Gasteiger partial charge < -0.3 is 4.57 Å². The molecule has 3 aromatic heterocycles. The summed E-state index contributed by atoms with van der Waals surface area (Å²) < 4.78 is 3.84. The molecule has 32 heavy (non-hydrogen) atoms. The summed E-state index contributed by atoms with van der Waals surface area (Å²) in [5, 5.41) is 15.8. The van der Waals surface area contributed by atoms with Crippen LogP contribution in [0.3, 0.4) is 0 Å². The van der Waals surface area contributed by atoms with Crippen molar-refractivity contribution in [2.75, 3.05) is 5.75 Å². The molecule has 0 N–H and O–H groups in total. The normalized spacial score (nSPS) is 11.3. The van der Waals surface area contributed by atoms with E-state index in [1.54, 1.807) is 35.6 Å². The number of thiophene rings is 1. The molecule has 3 heterocycles. The van der Waals surface area contributed by atoms with Crippen molar-refractivity contribution in [3.8, 4) is 22.0 Å². The Kier molecular flexibility index (Phi) is 5.58. The van der Waals surface area contributed by atoms with E-state index in [2.05, 4.69) is 28.4 Å². The highest BCUT2D eigenvalue weighted by Gasteiger charge is 2.19. The van der Waals surface area contributed by atoms with Crippen molar-refractivity contribution in [3.05, 3.63) is 71.2 Å². The molecule has 0 aliphatic carbocycles. The van der Waals surface area contributed by atoms with Gasteiger partial charge in [-0.3, -0.25) is 9.48 Å². The van der Waals surface area contributed by atoms with Crippen molar-refractivity contribution in [1.29, 1.82) is 0 Å². The Hall–Kier alpha value is -2.94. The first-order chi connectivity index (χ1) is 15.5. The number of aromatic nitrogens is 5. The second-order valence-corrected chi connectivity index (χ2v) is 9.66. The van der Waals surface area contributed by atoms with E-state index in [4.69, 9.17) is 16.7 Å². The van der Waals surface area contributed by atoms with E-state index in [0.717, 1.165) is 32.2 Å². The van der Waals surface area contributed by atoms with Crippen LogP contribution < -0.4 is 0 Å². The fourth-order valence-corrected chi connectivity index (χ4v) is 5.49. The molecule has 0 radical (unpaired) electrons. The van der Waals surface area contributed by atoms with Crippen LogP contribution in [0.1, 0.15) is 10.4 Å². The van der Waals surface area contributed by atoms with Crippen LogP contribution in [0, 0.1) is 0 Å². The maximum atomic E-state index is 12.5. The molecular formula is C23H18ClN5OS2. The maximum Gasteiger partial charge on any atom is 0.191 e. The SMILES string of the molecule is Cn1c(SCC(=O)c2ccc(Cl)cc2)nnc1-c1cc2c(-c3ccccc3)nn(C)c2s1. The molecule has 0 spiro atoms. The number of nitrogens with zero attached hydrogens (tertiary/aromatic N) is 5. The molecule has 0 fully saturated rings. The average Bonchev–Trinajstić information content (AvgIpc) is 3.48. The largest absolute Gasteiger partial charge is 0.304 e. The van der Waals surface area contributed by atoms with Crippen LogP contribution in [-0.4, -0.2) is 36.1 Å². The summed E-state index contributed by atoms with van der Waals surface area (Å²) in [6.45, 7) is 0. The van der Waals surface area contributed by atoms with Gasteiger partial charge in [0.1, 0.15) is 10.5 Å². The van der Waals surface area contributed by atoms with E-state index >= 15 is 0 Å². The molecule has 160 valence electrons. The Bertz CT molecular complexity index is 1420. The summed E-state index contributed by atoms with van der Waals surface area (Å²) >= 11 is 8.91. The smallest absolute Gasteiger partial charge is 0.191 e. The number of halogens is 1. The fraction of sp³-hybridized carbons (Fsp3) is 0.130. The molecule has 5 aromatic rings. The van der Waals surface area contributed by atoms with Gasteiger partial charge in [-0.05, 0) is 30.3 Å². The topological polar surface area (TPSA) is 65.6 Å². The van der Waals surface area contributed by atoms with Crippen LogP contribution in [-0.2, 0) is 14.1 Å². The quantitative estimate of drug-likeness (QED) is 0.230. The molecule has 0 amide bonds. The third-order valence-electron chi connectivity index (χ3n) is 5.11. The van der Waals surface area contributed by atoms with Crippen LogP contribution >= 0.6 is 34.7 Å². The number of benzene rings is 2. The van der Waals surface area contributed by atoms with Gasteiger partial charge in [0.15, 0.2) is 16.8 Å². The summed E-state index contributed by atoms with van der Waals surface area (Å²) in [5.74, 6) is 1.07. The lowest BCUT2D eigenvalue weighted by molar-refractivity contribution is 0.102. The highest BCUT2D eigenvalue weighted by molar-refractivity contribution is 7.99. The van der Waals surface area contributed by atoms with Crippen LogP contribution in [0.25, 0.3) is 32.2 Å². The molecule has 0 atom stereocenters. The van der Waals surface area contributed by atoms with Gasteiger partial charge in [-0.2, -0.15) is 5.10 Å². The maximum absolute atomic E-state index is 12.5. The Balaban J connectivity index is 1.40. The minimum Gasteiger partial charge on any atom is -0.304 e. The van der Waals surface area contributed by atoms with E-state index in [1.807, 2.05) is 41.5 Å². The number of fused-ring (bicyclic) bond motifs is 1. The summed E-state index contributed by atoms with van der Waals surface area (Å²) in [7, 11) is 3.88. The predicted molar refractivity (Wildman–Crippen MR) is 131 cm³/mol. The van der Waals surface area contributed by atoms with Gasteiger partial charge in [0.2, 0.25) is 0 Å². The third kappa shape index (κ3) is 3.85. The van der Waals surface area contributed by atoms with Crippen LogP contribution in [0.2, 0.25) is 5.02 Å². The second-order valence-electron chi connectivity index (χ2n) is 7.25. The molecule has 0 saturated heterocycles. The van der Waals surface area contributed by atoms with Crippen molar-refractivity contribution in [2.24, 2.45) is 14.1 Å². The first kappa shape index (κ1) is 20.9. The number of carbonyl (C=O) groups excluding carboxylic acids is 1. The fourth-order valence-electron chi connectivity index (χ4n) is 3.46. The number of Topliss-reactive ketones (excluding diaryl/α,β-unsaturated/α-hetero) is 1. The number of ketones is 1. The molecule has 6 nitrogen and oxygen atoms in total. The zero-order valence-corrected chi connectivity index (χ0v) is 19.7. The van der Waals surface area contributed by atoms with Gasteiger partial charge >= 0.3 is 0 Å². The standard InChI is InChI=1S/C23H18ClN5OS2/c1-28-21(25-26-23(28)31-13-18(30)14-8-10-16(24)11-9-14)19-12-17-20(15-6-4-3-5-7-15)27-29(2)22(17)32-19/h3-12H,13H2,1-2H3. The van der Waals surface area contributed by atoms with E-state index in [-0.39, 0.29) is 11.5 Å².